The molecule has 1 saturated heterocycles. The van der Waals surface area contributed by atoms with Crippen molar-refractivity contribution in [3.8, 4) is 0 Å². The Bertz CT molecular complexity index is 953. The molecule has 1 aliphatic carbocycles. The lowest BCUT2D eigenvalue weighted by Crippen LogP contribution is -2.36. The first-order valence-electron chi connectivity index (χ1n) is 8.22. The average molecular weight is 367 g/mol. The Morgan fingerprint density at radius 3 is 2.27 bits per heavy atom. The molecule has 5 nitrogen and oxygen atoms in total. The minimum atomic E-state index is -0.516. The van der Waals surface area contributed by atoms with Gasteiger partial charge in [0, 0.05) is 17.7 Å². The van der Waals surface area contributed by atoms with Crippen LogP contribution >= 0.6 is 11.6 Å². The number of amides is 1. The van der Waals surface area contributed by atoms with Gasteiger partial charge in [-0.05, 0) is 5.56 Å². The van der Waals surface area contributed by atoms with Crippen molar-refractivity contribution >= 4 is 29.1 Å². The van der Waals surface area contributed by atoms with Gasteiger partial charge < -0.3 is 10.2 Å². The number of allylic oxidation sites excluding steroid dienone is 2. The van der Waals surface area contributed by atoms with Crippen LogP contribution in [0.15, 0.2) is 66.0 Å². The van der Waals surface area contributed by atoms with Gasteiger partial charge in [-0.25, -0.2) is 0 Å². The van der Waals surface area contributed by atoms with Crippen LogP contribution in [-0.2, 0) is 4.79 Å². The van der Waals surface area contributed by atoms with Crippen LogP contribution in [0.5, 0.6) is 0 Å². The number of benzene rings is 2. The maximum absolute atomic E-state index is 13.1. The summed E-state index contributed by atoms with van der Waals surface area (Å²) in [5, 5.41) is 2.53. The zero-order valence-electron chi connectivity index (χ0n) is 13.7. The van der Waals surface area contributed by atoms with Crippen molar-refractivity contribution in [3.63, 3.8) is 0 Å². The third-order valence-corrected chi connectivity index (χ3v) is 4.81. The van der Waals surface area contributed by atoms with E-state index in [0.717, 1.165) is 5.56 Å². The lowest BCUT2D eigenvalue weighted by atomic mass is 9.90. The fourth-order valence-corrected chi connectivity index (χ4v) is 3.34. The number of Topliss-reactive ketones (excluding diaryl/α,β-unsaturated/α-hetero) is 2. The summed E-state index contributed by atoms with van der Waals surface area (Å²) in [4.78, 5) is 39.6. The van der Waals surface area contributed by atoms with Crippen LogP contribution < -0.4 is 5.32 Å². The standard InChI is InChI=1S/C20H15ClN2O3/c21-10-16(24)22-17-18(23-11-15(23)12-6-2-1-3-7-12)20(26)14-9-5-4-8-13(14)19(17)25/h1-9,15H,10-11H2,(H,22,24). The Hall–Kier alpha value is -2.92. The highest BCUT2D eigenvalue weighted by atomic mass is 35.5. The SMILES string of the molecule is O=C(CCl)NC1=C(N2CC2c2ccccc2)C(=O)c2ccccc2C1=O. The topological polar surface area (TPSA) is 66.2 Å². The maximum Gasteiger partial charge on any atom is 0.239 e. The maximum atomic E-state index is 13.1. The van der Waals surface area contributed by atoms with Crippen LogP contribution in [0, 0.1) is 0 Å². The molecule has 2 aliphatic rings. The van der Waals surface area contributed by atoms with Crippen molar-refractivity contribution < 1.29 is 14.4 Å². The van der Waals surface area contributed by atoms with Gasteiger partial charge in [0.2, 0.25) is 17.5 Å². The van der Waals surface area contributed by atoms with Crippen LogP contribution in [0.4, 0.5) is 0 Å². The van der Waals surface area contributed by atoms with Crippen LogP contribution in [0.3, 0.4) is 0 Å². The fourth-order valence-electron chi connectivity index (χ4n) is 3.27. The Morgan fingerprint density at radius 1 is 1.00 bits per heavy atom. The molecule has 1 N–H and O–H groups in total. The number of hydrogen-bond donors (Lipinski definition) is 1. The van der Waals surface area contributed by atoms with E-state index >= 15 is 0 Å². The number of halogens is 1. The smallest absolute Gasteiger partial charge is 0.239 e. The number of fused-ring (bicyclic) bond motifs is 1. The molecule has 0 bridgehead atoms. The predicted octanol–water partition coefficient (Wildman–Crippen LogP) is 2.69. The lowest BCUT2D eigenvalue weighted by Gasteiger charge is -2.22. The largest absolute Gasteiger partial charge is 0.355 e. The van der Waals surface area contributed by atoms with E-state index in [1.165, 1.54) is 0 Å². The molecule has 2 aromatic rings. The van der Waals surface area contributed by atoms with Crippen LogP contribution in [0.2, 0.25) is 0 Å². The molecule has 4 rings (SSSR count). The molecular formula is C20H15ClN2O3. The first kappa shape index (κ1) is 16.5. The second kappa shape index (κ2) is 6.42. The monoisotopic (exact) mass is 366 g/mol. The van der Waals surface area contributed by atoms with Gasteiger partial charge in [0.25, 0.3) is 0 Å². The molecule has 1 aliphatic heterocycles. The number of rotatable bonds is 4. The van der Waals surface area contributed by atoms with Crippen molar-refractivity contribution in [1.82, 2.24) is 10.2 Å². The molecule has 2 aromatic carbocycles. The molecule has 1 fully saturated rings. The van der Waals surface area contributed by atoms with E-state index in [2.05, 4.69) is 5.32 Å². The Balaban J connectivity index is 1.77. The predicted molar refractivity (Wildman–Crippen MR) is 96.9 cm³/mol. The molecule has 26 heavy (non-hydrogen) atoms. The lowest BCUT2D eigenvalue weighted by molar-refractivity contribution is -0.117. The number of nitrogens with one attached hydrogen (secondary N) is 1. The van der Waals surface area contributed by atoms with E-state index in [0.29, 0.717) is 17.7 Å². The zero-order valence-corrected chi connectivity index (χ0v) is 14.5. The first-order chi connectivity index (χ1) is 12.6. The highest BCUT2D eigenvalue weighted by molar-refractivity contribution is 6.30. The molecule has 1 atom stereocenters. The van der Waals surface area contributed by atoms with E-state index in [9.17, 15) is 14.4 Å². The van der Waals surface area contributed by atoms with Crippen LogP contribution in [0.25, 0.3) is 0 Å². The second-order valence-electron chi connectivity index (χ2n) is 6.19. The number of alkyl halides is 1. The number of carbonyl (C=O) groups is 3. The number of carbonyl (C=O) groups excluding carboxylic acids is 3. The molecule has 1 heterocycles. The van der Waals surface area contributed by atoms with Crippen molar-refractivity contribution in [2.45, 2.75) is 6.04 Å². The highest BCUT2D eigenvalue weighted by Crippen LogP contribution is 2.42. The molecule has 0 spiro atoms. The molecule has 6 heteroatoms. The molecule has 0 saturated carbocycles. The van der Waals surface area contributed by atoms with E-state index in [-0.39, 0.29) is 34.9 Å². The number of ketones is 2. The number of nitrogens with zero attached hydrogens (tertiary/aromatic N) is 1. The van der Waals surface area contributed by atoms with Gasteiger partial charge in [-0.3, -0.25) is 14.4 Å². The third-order valence-electron chi connectivity index (χ3n) is 4.56. The minimum absolute atomic E-state index is 0.0103. The molecule has 0 aromatic heterocycles. The van der Waals surface area contributed by atoms with Gasteiger partial charge in [0.1, 0.15) is 17.3 Å². The van der Waals surface area contributed by atoms with E-state index in [1.807, 2.05) is 35.2 Å². The molecule has 1 unspecified atom stereocenters. The molecule has 1 amide bonds. The zero-order chi connectivity index (χ0) is 18.3. The van der Waals surface area contributed by atoms with Gasteiger partial charge in [-0.15, -0.1) is 11.6 Å². The van der Waals surface area contributed by atoms with Gasteiger partial charge in [-0.1, -0.05) is 54.6 Å². The van der Waals surface area contributed by atoms with Gasteiger partial charge in [-0.2, -0.15) is 0 Å². The van der Waals surface area contributed by atoms with Crippen molar-refractivity contribution in [2.75, 3.05) is 12.4 Å². The van der Waals surface area contributed by atoms with Gasteiger partial charge in [0.05, 0.1) is 6.04 Å². The summed E-state index contributed by atoms with van der Waals surface area (Å²) in [6, 6.07) is 16.4. The normalized spacial score (nSPS) is 18.7. The van der Waals surface area contributed by atoms with Gasteiger partial charge >= 0.3 is 0 Å². The quantitative estimate of drug-likeness (QED) is 0.667. The second-order valence-corrected chi connectivity index (χ2v) is 6.46. The van der Waals surface area contributed by atoms with Crippen LogP contribution in [-0.4, -0.2) is 34.8 Å². The van der Waals surface area contributed by atoms with Crippen molar-refractivity contribution in [2.24, 2.45) is 0 Å². The van der Waals surface area contributed by atoms with E-state index in [1.54, 1.807) is 24.3 Å². The summed E-state index contributed by atoms with van der Waals surface area (Å²) in [7, 11) is 0. The minimum Gasteiger partial charge on any atom is -0.355 e. The summed E-state index contributed by atoms with van der Waals surface area (Å²) < 4.78 is 0. The summed E-state index contributed by atoms with van der Waals surface area (Å²) in [6.45, 7) is 0.612. The molecule has 130 valence electrons. The Kier molecular flexibility index (Phi) is 4.09. The van der Waals surface area contributed by atoms with Crippen LogP contribution in [0.1, 0.15) is 32.3 Å². The molecule has 0 radical (unpaired) electrons. The summed E-state index contributed by atoms with van der Waals surface area (Å²) >= 11 is 5.58. The third kappa shape index (κ3) is 2.70. The Morgan fingerprint density at radius 2 is 1.62 bits per heavy atom. The average Bonchev–Trinajstić information content (AvgIpc) is 3.47. The van der Waals surface area contributed by atoms with Crippen molar-refractivity contribution in [1.29, 1.82) is 0 Å². The first-order valence-corrected chi connectivity index (χ1v) is 8.75. The summed E-state index contributed by atoms with van der Waals surface area (Å²) in [5.74, 6) is -1.43. The highest BCUT2D eigenvalue weighted by Gasteiger charge is 2.45. The molecular weight excluding hydrogens is 352 g/mol. The Labute approximate surface area is 155 Å². The van der Waals surface area contributed by atoms with E-state index in [4.69, 9.17) is 11.6 Å². The fraction of sp³-hybridized carbons (Fsp3) is 0.150. The number of hydrogen-bond acceptors (Lipinski definition) is 4. The van der Waals surface area contributed by atoms with Crippen molar-refractivity contribution in [3.05, 3.63) is 82.7 Å². The summed E-state index contributed by atoms with van der Waals surface area (Å²) in [6.07, 6.45) is 0. The summed E-state index contributed by atoms with van der Waals surface area (Å²) in [5.41, 5.74) is 1.96. The van der Waals surface area contributed by atoms with E-state index < -0.39 is 5.91 Å². The van der Waals surface area contributed by atoms with Gasteiger partial charge in [0.15, 0.2) is 0 Å².